The maximum atomic E-state index is 13.8. The lowest BCUT2D eigenvalue weighted by Crippen LogP contribution is -2.47. The van der Waals surface area contributed by atoms with Crippen LogP contribution < -0.4 is 24.6 Å². The van der Waals surface area contributed by atoms with Crippen molar-refractivity contribution in [3.63, 3.8) is 0 Å². The first-order valence-electron chi connectivity index (χ1n) is 14.4. The Morgan fingerprint density at radius 3 is 2.27 bits per heavy atom. The van der Waals surface area contributed by atoms with Crippen LogP contribution in [0.1, 0.15) is 12.8 Å². The summed E-state index contributed by atoms with van der Waals surface area (Å²) in [6.45, 7) is 4.96. The van der Waals surface area contributed by atoms with Gasteiger partial charge in [-0.25, -0.2) is 4.39 Å². The molecule has 2 amide bonds. The summed E-state index contributed by atoms with van der Waals surface area (Å²) in [5.41, 5.74) is 2.13. The summed E-state index contributed by atoms with van der Waals surface area (Å²) < 4.78 is 23.9. The molecule has 5 rings (SSSR count). The van der Waals surface area contributed by atoms with Crippen LogP contribution in [0.25, 0.3) is 0 Å². The molecule has 0 aromatic heterocycles. The minimum atomic E-state index is -0.796. The van der Waals surface area contributed by atoms with Gasteiger partial charge in [0.15, 0.2) is 5.11 Å². The highest BCUT2D eigenvalue weighted by molar-refractivity contribution is 7.80. The van der Waals surface area contributed by atoms with Gasteiger partial charge in [0.1, 0.15) is 23.4 Å². The van der Waals surface area contributed by atoms with Gasteiger partial charge >= 0.3 is 0 Å². The fraction of sp³-hybridized carbons (Fsp3) is 0.344. The number of thiocarbonyl (C=S) groups is 1. The number of amides is 2. The normalized spacial score (nSPS) is 17.3. The number of rotatable bonds is 11. The van der Waals surface area contributed by atoms with E-state index < -0.39 is 11.9 Å². The van der Waals surface area contributed by atoms with Crippen molar-refractivity contribution < 1.29 is 23.5 Å². The number of piperazine rings is 1. The highest BCUT2D eigenvalue weighted by atomic mass is 35.5. The molecule has 9 nitrogen and oxygen atoms in total. The third-order valence-electron chi connectivity index (χ3n) is 7.90. The average molecular weight is 640 g/mol. The Morgan fingerprint density at radius 1 is 0.955 bits per heavy atom. The van der Waals surface area contributed by atoms with Gasteiger partial charge in [0.25, 0.3) is 5.91 Å². The molecule has 1 atom stereocenters. The summed E-state index contributed by atoms with van der Waals surface area (Å²) in [4.78, 5) is 34.8. The fourth-order valence-corrected chi connectivity index (χ4v) is 6.19. The highest BCUT2D eigenvalue weighted by Crippen LogP contribution is 2.33. The van der Waals surface area contributed by atoms with E-state index in [1.807, 2.05) is 17.0 Å². The van der Waals surface area contributed by atoms with Crippen LogP contribution in [-0.2, 0) is 9.59 Å². The lowest BCUT2D eigenvalue weighted by molar-refractivity contribution is -0.124. The second kappa shape index (κ2) is 14.2. The van der Waals surface area contributed by atoms with Crippen molar-refractivity contribution in [3.8, 4) is 11.5 Å². The SMILES string of the molecule is COc1ccc(N2CCN(CCCN3C(=S)N(c4ccc(OC)c(Cl)c4)C(=O)[C@H]3CC(=O)Nc3ccc(F)cc3)CC2)cc1. The third kappa shape index (κ3) is 7.23. The predicted molar refractivity (Wildman–Crippen MR) is 174 cm³/mol. The number of benzene rings is 3. The maximum absolute atomic E-state index is 13.8. The fourth-order valence-electron chi connectivity index (χ4n) is 5.53. The number of hydrogen-bond donors (Lipinski definition) is 1. The minimum Gasteiger partial charge on any atom is -0.497 e. The van der Waals surface area contributed by atoms with E-state index in [-0.39, 0.29) is 18.2 Å². The van der Waals surface area contributed by atoms with Crippen LogP contribution in [-0.4, -0.2) is 86.3 Å². The van der Waals surface area contributed by atoms with Gasteiger partial charge in [0.2, 0.25) is 5.91 Å². The van der Waals surface area contributed by atoms with Crippen molar-refractivity contribution in [1.29, 1.82) is 0 Å². The smallest absolute Gasteiger partial charge is 0.256 e. The van der Waals surface area contributed by atoms with Crippen LogP contribution in [0.3, 0.4) is 0 Å². The van der Waals surface area contributed by atoms with E-state index in [4.69, 9.17) is 33.3 Å². The number of nitrogens with one attached hydrogen (secondary N) is 1. The molecule has 2 aliphatic rings. The van der Waals surface area contributed by atoms with Gasteiger partial charge in [0, 0.05) is 44.1 Å². The maximum Gasteiger partial charge on any atom is 0.256 e. The molecule has 0 unspecified atom stereocenters. The van der Waals surface area contributed by atoms with Gasteiger partial charge in [-0.15, -0.1) is 0 Å². The third-order valence-corrected chi connectivity index (χ3v) is 8.61. The zero-order chi connectivity index (χ0) is 31.2. The summed E-state index contributed by atoms with van der Waals surface area (Å²) in [6, 6.07) is 17.8. The molecule has 0 radical (unpaired) electrons. The first-order valence-corrected chi connectivity index (χ1v) is 15.2. The molecular formula is C32H35ClFN5O4S. The van der Waals surface area contributed by atoms with E-state index in [1.54, 1.807) is 25.3 Å². The molecular weight excluding hydrogens is 605 g/mol. The molecule has 0 saturated carbocycles. The van der Waals surface area contributed by atoms with E-state index in [1.165, 1.54) is 42.0 Å². The number of carbonyl (C=O) groups excluding carboxylic acids is 2. The van der Waals surface area contributed by atoms with Crippen molar-refractivity contribution in [2.24, 2.45) is 0 Å². The average Bonchev–Trinajstić information content (AvgIpc) is 3.26. The molecule has 2 saturated heterocycles. The van der Waals surface area contributed by atoms with Crippen molar-refractivity contribution in [2.45, 2.75) is 18.9 Å². The molecule has 1 N–H and O–H groups in total. The molecule has 3 aromatic rings. The van der Waals surface area contributed by atoms with Crippen molar-refractivity contribution >= 4 is 57.8 Å². The molecule has 2 aliphatic heterocycles. The molecule has 44 heavy (non-hydrogen) atoms. The second-order valence-corrected chi connectivity index (χ2v) is 11.4. The summed E-state index contributed by atoms with van der Waals surface area (Å²) in [5, 5.41) is 3.42. The Hall–Kier alpha value is -3.93. The molecule has 2 heterocycles. The Morgan fingerprint density at radius 2 is 1.64 bits per heavy atom. The zero-order valence-electron chi connectivity index (χ0n) is 24.7. The molecule has 3 aromatic carbocycles. The zero-order valence-corrected chi connectivity index (χ0v) is 26.2. The summed E-state index contributed by atoms with van der Waals surface area (Å²) >= 11 is 12.2. The van der Waals surface area contributed by atoms with Crippen molar-refractivity contribution in [3.05, 3.63) is 77.6 Å². The van der Waals surface area contributed by atoms with Crippen LogP contribution in [0.2, 0.25) is 5.02 Å². The van der Waals surface area contributed by atoms with E-state index in [9.17, 15) is 14.0 Å². The molecule has 0 aliphatic carbocycles. The standard InChI is InChI=1S/C32H35ClFN5O4S/c1-42-26-11-8-24(9-12-26)37-18-16-36(17-19-37)14-3-15-38-28(21-30(40)35-23-6-4-22(34)5-7-23)31(41)39(32(38)44)25-10-13-29(43-2)27(33)20-25/h4-13,20,28H,3,14-19,21H2,1-2H3,(H,35,40)/t28-/m1/s1. The van der Waals surface area contributed by atoms with E-state index in [0.717, 1.165) is 44.9 Å². The summed E-state index contributed by atoms with van der Waals surface area (Å²) in [5.74, 6) is 0.241. The largest absolute Gasteiger partial charge is 0.497 e. The van der Waals surface area contributed by atoms with Gasteiger partial charge in [0.05, 0.1) is 31.4 Å². The van der Waals surface area contributed by atoms with Crippen LogP contribution in [0.4, 0.5) is 21.5 Å². The number of hydrogen-bond acceptors (Lipinski definition) is 7. The van der Waals surface area contributed by atoms with Crippen LogP contribution in [0, 0.1) is 5.82 Å². The van der Waals surface area contributed by atoms with Crippen LogP contribution in [0.5, 0.6) is 11.5 Å². The Kier molecular flexibility index (Phi) is 10.2. The minimum absolute atomic E-state index is 0.114. The topological polar surface area (TPSA) is 77.6 Å². The van der Waals surface area contributed by atoms with E-state index in [0.29, 0.717) is 33.8 Å². The Balaban J connectivity index is 1.23. The van der Waals surface area contributed by atoms with Crippen LogP contribution in [0.15, 0.2) is 66.7 Å². The highest BCUT2D eigenvalue weighted by Gasteiger charge is 2.44. The molecule has 0 bridgehead atoms. The van der Waals surface area contributed by atoms with Gasteiger partial charge in [-0.2, -0.15) is 0 Å². The van der Waals surface area contributed by atoms with E-state index in [2.05, 4.69) is 27.2 Å². The second-order valence-electron chi connectivity index (χ2n) is 10.6. The molecule has 0 spiro atoms. The van der Waals surface area contributed by atoms with Gasteiger partial charge in [-0.1, -0.05) is 11.6 Å². The number of methoxy groups -OCH3 is 2. The Bertz CT molecular complexity index is 1480. The lowest BCUT2D eigenvalue weighted by atomic mass is 10.1. The number of ether oxygens (including phenoxy) is 2. The summed E-state index contributed by atoms with van der Waals surface area (Å²) in [6.07, 6.45) is 0.639. The number of halogens is 2. The quantitative estimate of drug-likeness (QED) is 0.293. The number of nitrogens with zero attached hydrogens (tertiary/aromatic N) is 4. The van der Waals surface area contributed by atoms with Crippen molar-refractivity contribution in [2.75, 3.05) is 68.6 Å². The van der Waals surface area contributed by atoms with Crippen LogP contribution >= 0.6 is 23.8 Å². The van der Waals surface area contributed by atoms with Gasteiger partial charge < -0.3 is 24.6 Å². The predicted octanol–water partition coefficient (Wildman–Crippen LogP) is 5.04. The van der Waals surface area contributed by atoms with Gasteiger partial charge in [-0.3, -0.25) is 19.4 Å². The number of anilines is 3. The van der Waals surface area contributed by atoms with Gasteiger partial charge in [-0.05, 0) is 91.9 Å². The lowest BCUT2D eigenvalue weighted by Gasteiger charge is -2.36. The number of carbonyl (C=O) groups is 2. The molecule has 232 valence electrons. The summed E-state index contributed by atoms with van der Waals surface area (Å²) in [7, 11) is 3.18. The monoisotopic (exact) mass is 639 g/mol. The first kappa shape index (κ1) is 31.5. The molecule has 2 fully saturated rings. The first-order chi connectivity index (χ1) is 21.3. The Labute approximate surface area is 267 Å². The van der Waals surface area contributed by atoms with Crippen molar-refractivity contribution in [1.82, 2.24) is 9.80 Å². The molecule has 12 heteroatoms. The van der Waals surface area contributed by atoms with E-state index >= 15 is 0 Å².